The molecule has 0 aliphatic carbocycles. The average molecular weight is 355 g/mol. The van der Waals surface area contributed by atoms with Crippen LogP contribution in [0.25, 0.3) is 0 Å². The number of nitrogens with one attached hydrogen (secondary N) is 1. The molecule has 26 heavy (non-hydrogen) atoms. The van der Waals surface area contributed by atoms with Gasteiger partial charge in [0.2, 0.25) is 0 Å². The predicted octanol–water partition coefficient (Wildman–Crippen LogP) is 2.67. The molecule has 2 heterocycles. The maximum absolute atomic E-state index is 12.6. The SMILES string of the molecule is COc1ccc(CCNC(=O)c2cccnc2N2CCCC2)cc1OC. The second-order valence-corrected chi connectivity index (χ2v) is 6.26. The van der Waals surface area contributed by atoms with E-state index in [2.05, 4.69) is 15.2 Å². The quantitative estimate of drug-likeness (QED) is 0.827. The van der Waals surface area contributed by atoms with Crippen LogP contribution in [0, 0.1) is 0 Å². The predicted molar refractivity (Wildman–Crippen MR) is 101 cm³/mol. The van der Waals surface area contributed by atoms with Crippen molar-refractivity contribution in [3.63, 3.8) is 0 Å². The maximum Gasteiger partial charge on any atom is 0.255 e. The molecular formula is C20H25N3O3. The van der Waals surface area contributed by atoms with Gasteiger partial charge >= 0.3 is 0 Å². The van der Waals surface area contributed by atoms with Crippen molar-refractivity contribution >= 4 is 11.7 Å². The Morgan fingerprint density at radius 2 is 1.92 bits per heavy atom. The molecule has 1 amide bonds. The normalized spacial score (nSPS) is 13.5. The van der Waals surface area contributed by atoms with Crippen LogP contribution in [0.2, 0.25) is 0 Å². The van der Waals surface area contributed by atoms with Crippen LogP contribution in [-0.2, 0) is 6.42 Å². The Balaban J connectivity index is 1.61. The molecule has 0 saturated carbocycles. The molecule has 1 N–H and O–H groups in total. The number of ether oxygens (including phenoxy) is 2. The number of nitrogens with zero attached hydrogens (tertiary/aromatic N) is 2. The highest BCUT2D eigenvalue weighted by molar-refractivity contribution is 5.98. The summed E-state index contributed by atoms with van der Waals surface area (Å²) in [7, 11) is 3.23. The van der Waals surface area contributed by atoms with Gasteiger partial charge in [0.05, 0.1) is 19.8 Å². The smallest absolute Gasteiger partial charge is 0.255 e. The van der Waals surface area contributed by atoms with Gasteiger partial charge in [-0.05, 0) is 49.1 Å². The zero-order chi connectivity index (χ0) is 18.4. The number of carbonyl (C=O) groups excluding carboxylic acids is 1. The molecule has 0 bridgehead atoms. The van der Waals surface area contributed by atoms with E-state index in [1.807, 2.05) is 30.3 Å². The largest absolute Gasteiger partial charge is 0.493 e. The van der Waals surface area contributed by atoms with Crippen molar-refractivity contribution in [1.82, 2.24) is 10.3 Å². The molecule has 1 aromatic heterocycles. The Morgan fingerprint density at radius 1 is 1.15 bits per heavy atom. The van der Waals surface area contributed by atoms with Crippen molar-refractivity contribution in [3.05, 3.63) is 47.7 Å². The summed E-state index contributed by atoms with van der Waals surface area (Å²) < 4.78 is 10.6. The van der Waals surface area contributed by atoms with Crippen LogP contribution in [0.15, 0.2) is 36.5 Å². The summed E-state index contributed by atoms with van der Waals surface area (Å²) in [6, 6.07) is 9.44. The van der Waals surface area contributed by atoms with Crippen LogP contribution in [0.4, 0.5) is 5.82 Å². The highest BCUT2D eigenvalue weighted by Gasteiger charge is 2.20. The van der Waals surface area contributed by atoms with Gasteiger partial charge in [-0.2, -0.15) is 0 Å². The van der Waals surface area contributed by atoms with E-state index in [9.17, 15) is 4.79 Å². The molecule has 6 nitrogen and oxygen atoms in total. The average Bonchev–Trinajstić information content (AvgIpc) is 3.22. The summed E-state index contributed by atoms with van der Waals surface area (Å²) in [5, 5.41) is 3.00. The molecule has 0 unspecified atom stereocenters. The van der Waals surface area contributed by atoms with Crippen molar-refractivity contribution < 1.29 is 14.3 Å². The standard InChI is InChI=1S/C20H25N3O3/c1-25-17-8-7-15(14-18(17)26-2)9-11-22-20(24)16-6-5-10-21-19(16)23-12-3-4-13-23/h5-8,10,14H,3-4,9,11-13H2,1-2H3,(H,22,24). The van der Waals surface area contributed by atoms with Crippen LogP contribution in [0.3, 0.4) is 0 Å². The third-order valence-corrected chi connectivity index (χ3v) is 4.58. The van der Waals surface area contributed by atoms with E-state index in [4.69, 9.17) is 9.47 Å². The second kappa shape index (κ2) is 8.56. The van der Waals surface area contributed by atoms with Gasteiger partial charge < -0.3 is 19.7 Å². The van der Waals surface area contributed by atoms with Gasteiger partial charge in [0.15, 0.2) is 11.5 Å². The lowest BCUT2D eigenvalue weighted by atomic mass is 10.1. The van der Waals surface area contributed by atoms with Crippen molar-refractivity contribution in [1.29, 1.82) is 0 Å². The van der Waals surface area contributed by atoms with Crippen LogP contribution in [0.5, 0.6) is 11.5 Å². The van der Waals surface area contributed by atoms with E-state index >= 15 is 0 Å². The van der Waals surface area contributed by atoms with Crippen LogP contribution >= 0.6 is 0 Å². The molecule has 1 aliphatic rings. The molecule has 0 spiro atoms. The lowest BCUT2D eigenvalue weighted by molar-refractivity contribution is 0.0954. The fourth-order valence-electron chi connectivity index (χ4n) is 3.21. The van der Waals surface area contributed by atoms with E-state index in [-0.39, 0.29) is 5.91 Å². The molecular weight excluding hydrogens is 330 g/mol. The number of hydrogen-bond acceptors (Lipinski definition) is 5. The fraction of sp³-hybridized carbons (Fsp3) is 0.400. The Bertz CT molecular complexity index is 758. The second-order valence-electron chi connectivity index (χ2n) is 6.26. The monoisotopic (exact) mass is 355 g/mol. The summed E-state index contributed by atoms with van der Waals surface area (Å²) in [6.45, 7) is 2.47. The lowest BCUT2D eigenvalue weighted by Crippen LogP contribution is -2.29. The van der Waals surface area contributed by atoms with Gasteiger partial charge in [-0.1, -0.05) is 6.07 Å². The number of pyridine rings is 1. The topological polar surface area (TPSA) is 63.7 Å². The van der Waals surface area contributed by atoms with Crippen molar-refractivity contribution in [2.45, 2.75) is 19.3 Å². The third kappa shape index (κ3) is 4.07. The minimum absolute atomic E-state index is 0.0829. The van der Waals surface area contributed by atoms with Crippen LogP contribution < -0.4 is 19.7 Å². The Kier molecular flexibility index (Phi) is 5.94. The van der Waals surface area contributed by atoms with Gasteiger partial charge in [-0.15, -0.1) is 0 Å². The third-order valence-electron chi connectivity index (χ3n) is 4.58. The number of carbonyl (C=O) groups is 1. The molecule has 0 radical (unpaired) electrons. The van der Waals surface area contributed by atoms with E-state index < -0.39 is 0 Å². The van der Waals surface area contributed by atoms with Crippen molar-refractivity contribution in [2.24, 2.45) is 0 Å². The summed E-state index contributed by atoms with van der Waals surface area (Å²) in [5.74, 6) is 2.10. The first-order valence-corrected chi connectivity index (χ1v) is 8.92. The molecule has 138 valence electrons. The molecule has 1 aromatic carbocycles. The van der Waals surface area contributed by atoms with Crippen molar-refractivity contribution in [3.8, 4) is 11.5 Å². The minimum atomic E-state index is -0.0829. The van der Waals surface area contributed by atoms with Crippen LogP contribution in [-0.4, -0.2) is 44.7 Å². The Hall–Kier alpha value is -2.76. The molecule has 0 atom stereocenters. The highest BCUT2D eigenvalue weighted by Crippen LogP contribution is 2.27. The molecule has 6 heteroatoms. The van der Waals surface area contributed by atoms with Gasteiger partial charge in [0.1, 0.15) is 5.82 Å². The number of amides is 1. The van der Waals surface area contributed by atoms with E-state index in [0.717, 1.165) is 37.3 Å². The van der Waals surface area contributed by atoms with Gasteiger partial charge in [-0.25, -0.2) is 4.98 Å². The number of anilines is 1. The Labute approximate surface area is 154 Å². The van der Waals surface area contributed by atoms with Gasteiger partial charge in [0, 0.05) is 25.8 Å². The zero-order valence-corrected chi connectivity index (χ0v) is 15.3. The van der Waals surface area contributed by atoms with Gasteiger partial charge in [0.25, 0.3) is 5.91 Å². The molecule has 1 saturated heterocycles. The number of rotatable bonds is 7. The Morgan fingerprint density at radius 3 is 2.65 bits per heavy atom. The van der Waals surface area contributed by atoms with E-state index in [1.54, 1.807) is 20.4 Å². The van der Waals surface area contributed by atoms with Gasteiger partial charge in [-0.3, -0.25) is 4.79 Å². The lowest BCUT2D eigenvalue weighted by Gasteiger charge is -2.19. The summed E-state index contributed by atoms with van der Waals surface area (Å²) >= 11 is 0. The first kappa shape index (κ1) is 18.0. The molecule has 1 fully saturated rings. The van der Waals surface area contributed by atoms with E-state index in [1.165, 1.54) is 0 Å². The summed E-state index contributed by atoms with van der Waals surface area (Å²) in [6.07, 6.45) is 4.76. The fourth-order valence-corrected chi connectivity index (χ4v) is 3.21. The molecule has 1 aliphatic heterocycles. The number of hydrogen-bond donors (Lipinski definition) is 1. The first-order chi connectivity index (χ1) is 12.7. The highest BCUT2D eigenvalue weighted by atomic mass is 16.5. The maximum atomic E-state index is 12.6. The minimum Gasteiger partial charge on any atom is -0.493 e. The zero-order valence-electron chi connectivity index (χ0n) is 15.3. The summed E-state index contributed by atoms with van der Waals surface area (Å²) in [4.78, 5) is 19.2. The summed E-state index contributed by atoms with van der Waals surface area (Å²) in [5.41, 5.74) is 1.72. The number of aromatic nitrogens is 1. The first-order valence-electron chi connectivity index (χ1n) is 8.92. The van der Waals surface area contributed by atoms with Crippen LogP contribution in [0.1, 0.15) is 28.8 Å². The number of benzene rings is 1. The molecule has 2 aromatic rings. The number of methoxy groups -OCH3 is 2. The molecule has 3 rings (SSSR count). The van der Waals surface area contributed by atoms with Crippen molar-refractivity contribution in [2.75, 3.05) is 38.8 Å². The van der Waals surface area contributed by atoms with E-state index in [0.29, 0.717) is 30.0 Å².